The number of benzene rings is 1. The van der Waals surface area contributed by atoms with Crippen LogP contribution in [0.1, 0.15) is 5.56 Å². The summed E-state index contributed by atoms with van der Waals surface area (Å²) in [6.07, 6.45) is 3.40. The van der Waals surface area contributed by atoms with Gasteiger partial charge in [-0.2, -0.15) is 5.10 Å². The van der Waals surface area contributed by atoms with E-state index in [1.165, 1.54) is 0 Å². The van der Waals surface area contributed by atoms with E-state index in [4.69, 9.17) is 16.3 Å². The van der Waals surface area contributed by atoms with Gasteiger partial charge in [0.1, 0.15) is 12.4 Å². The molecule has 0 unspecified atom stereocenters. The van der Waals surface area contributed by atoms with Crippen molar-refractivity contribution < 1.29 is 4.74 Å². The van der Waals surface area contributed by atoms with Crippen LogP contribution in [-0.4, -0.2) is 15.2 Å². The fourth-order valence-electron chi connectivity index (χ4n) is 1.77. The van der Waals surface area contributed by atoms with Crippen LogP contribution < -0.4 is 4.74 Å². The van der Waals surface area contributed by atoms with Crippen molar-refractivity contribution in [1.29, 1.82) is 0 Å². The van der Waals surface area contributed by atoms with E-state index in [0.717, 1.165) is 27.7 Å². The number of hydrogen-bond acceptors (Lipinski definition) is 3. The minimum atomic E-state index is 0.488. The number of rotatable bonds is 4. The fraction of sp³-hybridized carbons (Fsp3) is 0.0667. The van der Waals surface area contributed by atoms with Crippen molar-refractivity contribution in [2.75, 3.05) is 0 Å². The van der Waals surface area contributed by atoms with Gasteiger partial charge in [-0.15, -0.1) is 0 Å². The third-order valence-corrected chi connectivity index (χ3v) is 3.08. The molecule has 0 bridgehead atoms. The fourth-order valence-corrected chi connectivity index (χ4v) is 1.90. The summed E-state index contributed by atoms with van der Waals surface area (Å²) in [6.45, 7) is 0.488. The Hall–Kier alpha value is -2.33. The summed E-state index contributed by atoms with van der Waals surface area (Å²) in [4.78, 5) is 4.33. The molecule has 0 saturated carbocycles. The zero-order valence-corrected chi connectivity index (χ0v) is 11.3. The average Bonchev–Trinajstić information content (AvgIpc) is 3.01. The zero-order valence-electron chi connectivity index (χ0n) is 10.6. The largest absolute Gasteiger partial charge is 0.487 e. The van der Waals surface area contributed by atoms with E-state index in [2.05, 4.69) is 15.2 Å². The summed E-state index contributed by atoms with van der Waals surface area (Å²) in [5.41, 5.74) is 2.78. The summed E-state index contributed by atoms with van der Waals surface area (Å²) >= 11 is 5.84. The molecular weight excluding hydrogens is 274 g/mol. The second-order valence-corrected chi connectivity index (χ2v) is 4.70. The molecule has 0 atom stereocenters. The Morgan fingerprint density at radius 2 is 1.90 bits per heavy atom. The van der Waals surface area contributed by atoms with E-state index < -0.39 is 0 Å². The lowest BCUT2D eigenvalue weighted by molar-refractivity contribution is 0.305. The van der Waals surface area contributed by atoms with E-state index in [1.807, 2.05) is 42.5 Å². The number of halogens is 1. The first-order valence-corrected chi connectivity index (χ1v) is 6.52. The molecule has 0 radical (unpaired) electrons. The van der Waals surface area contributed by atoms with Crippen molar-refractivity contribution in [1.82, 2.24) is 15.2 Å². The molecule has 2 aromatic heterocycles. The Morgan fingerprint density at radius 1 is 1.05 bits per heavy atom. The van der Waals surface area contributed by atoms with Crippen LogP contribution in [0.4, 0.5) is 0 Å². The van der Waals surface area contributed by atoms with Crippen LogP contribution in [0.15, 0.2) is 54.9 Å². The molecule has 3 aromatic rings. The molecule has 0 spiro atoms. The van der Waals surface area contributed by atoms with Gasteiger partial charge >= 0.3 is 0 Å². The average molecular weight is 286 g/mol. The van der Waals surface area contributed by atoms with Gasteiger partial charge in [0.15, 0.2) is 0 Å². The molecule has 1 aromatic carbocycles. The SMILES string of the molecule is Clc1ccc(COc2ccc(-c3ccn[nH]3)nc2)cc1. The molecule has 2 heterocycles. The summed E-state index contributed by atoms with van der Waals surface area (Å²) in [7, 11) is 0. The highest BCUT2D eigenvalue weighted by Crippen LogP contribution is 2.18. The molecule has 0 fully saturated rings. The van der Waals surface area contributed by atoms with Crippen LogP contribution in [0.25, 0.3) is 11.4 Å². The van der Waals surface area contributed by atoms with Gasteiger partial charge in [0.25, 0.3) is 0 Å². The maximum atomic E-state index is 5.84. The van der Waals surface area contributed by atoms with E-state index in [-0.39, 0.29) is 0 Å². The highest BCUT2D eigenvalue weighted by Gasteiger charge is 2.01. The van der Waals surface area contributed by atoms with E-state index >= 15 is 0 Å². The molecule has 4 nitrogen and oxygen atoms in total. The minimum Gasteiger partial charge on any atom is -0.487 e. The van der Waals surface area contributed by atoms with Gasteiger partial charge in [-0.1, -0.05) is 23.7 Å². The maximum Gasteiger partial charge on any atom is 0.138 e. The van der Waals surface area contributed by atoms with E-state index in [1.54, 1.807) is 12.4 Å². The van der Waals surface area contributed by atoms with E-state index in [0.29, 0.717) is 6.61 Å². The number of ether oxygens (including phenoxy) is 1. The quantitative estimate of drug-likeness (QED) is 0.795. The predicted molar refractivity (Wildman–Crippen MR) is 77.6 cm³/mol. The first kappa shape index (κ1) is 12.7. The number of nitrogens with zero attached hydrogens (tertiary/aromatic N) is 2. The van der Waals surface area contributed by atoms with Gasteiger partial charge in [0.05, 0.1) is 17.6 Å². The van der Waals surface area contributed by atoms with Gasteiger partial charge in [0.2, 0.25) is 0 Å². The molecule has 100 valence electrons. The van der Waals surface area contributed by atoms with Crippen molar-refractivity contribution in [3.8, 4) is 17.1 Å². The van der Waals surface area contributed by atoms with Crippen molar-refractivity contribution >= 4 is 11.6 Å². The summed E-state index contributed by atoms with van der Waals surface area (Å²) < 4.78 is 5.67. The smallest absolute Gasteiger partial charge is 0.138 e. The highest BCUT2D eigenvalue weighted by molar-refractivity contribution is 6.30. The molecule has 0 aliphatic rings. The van der Waals surface area contributed by atoms with Crippen LogP contribution in [0.3, 0.4) is 0 Å². The molecule has 0 aliphatic heterocycles. The standard InChI is InChI=1S/C15H12ClN3O/c16-12-3-1-11(2-4-12)10-20-13-5-6-14(17-9-13)15-7-8-18-19-15/h1-9H,10H2,(H,18,19). The molecular formula is C15H12ClN3O. The minimum absolute atomic E-state index is 0.488. The zero-order chi connectivity index (χ0) is 13.8. The Balaban J connectivity index is 1.65. The van der Waals surface area contributed by atoms with Gasteiger partial charge in [0, 0.05) is 11.2 Å². The van der Waals surface area contributed by atoms with Crippen molar-refractivity contribution in [2.45, 2.75) is 6.61 Å². The monoisotopic (exact) mass is 285 g/mol. The number of aromatic amines is 1. The number of hydrogen-bond donors (Lipinski definition) is 1. The number of nitrogens with one attached hydrogen (secondary N) is 1. The van der Waals surface area contributed by atoms with Crippen LogP contribution >= 0.6 is 11.6 Å². The highest BCUT2D eigenvalue weighted by atomic mass is 35.5. The second-order valence-electron chi connectivity index (χ2n) is 4.26. The Morgan fingerprint density at radius 3 is 2.55 bits per heavy atom. The number of pyridine rings is 1. The lowest BCUT2D eigenvalue weighted by Crippen LogP contribution is -1.95. The Kier molecular flexibility index (Phi) is 3.65. The molecule has 3 rings (SSSR count). The van der Waals surface area contributed by atoms with Crippen molar-refractivity contribution in [2.24, 2.45) is 0 Å². The third-order valence-electron chi connectivity index (χ3n) is 2.83. The first-order chi connectivity index (χ1) is 9.81. The lowest BCUT2D eigenvalue weighted by atomic mass is 10.2. The first-order valence-electron chi connectivity index (χ1n) is 6.14. The summed E-state index contributed by atoms with van der Waals surface area (Å²) in [5, 5.41) is 7.49. The summed E-state index contributed by atoms with van der Waals surface area (Å²) in [5.74, 6) is 0.725. The van der Waals surface area contributed by atoms with Crippen molar-refractivity contribution in [3.63, 3.8) is 0 Å². The predicted octanol–water partition coefficient (Wildman–Crippen LogP) is 3.70. The molecule has 20 heavy (non-hydrogen) atoms. The van der Waals surface area contributed by atoms with Gasteiger partial charge in [-0.3, -0.25) is 10.1 Å². The van der Waals surface area contributed by atoms with Crippen molar-refractivity contribution in [3.05, 3.63) is 65.4 Å². The molecule has 0 amide bonds. The number of H-pyrrole nitrogens is 1. The molecule has 5 heteroatoms. The number of aromatic nitrogens is 3. The lowest BCUT2D eigenvalue weighted by Gasteiger charge is -2.06. The third kappa shape index (κ3) is 2.97. The molecule has 1 N–H and O–H groups in total. The molecule has 0 saturated heterocycles. The normalized spacial score (nSPS) is 10.4. The van der Waals surface area contributed by atoms with Crippen LogP contribution in [-0.2, 0) is 6.61 Å². The van der Waals surface area contributed by atoms with Crippen LogP contribution in [0, 0.1) is 0 Å². The van der Waals surface area contributed by atoms with Crippen LogP contribution in [0.2, 0.25) is 5.02 Å². The van der Waals surface area contributed by atoms with E-state index in [9.17, 15) is 0 Å². The topological polar surface area (TPSA) is 50.8 Å². The van der Waals surface area contributed by atoms with Gasteiger partial charge in [-0.25, -0.2) is 0 Å². The second kappa shape index (κ2) is 5.75. The Bertz CT molecular complexity index is 663. The van der Waals surface area contributed by atoms with Gasteiger partial charge in [-0.05, 0) is 35.9 Å². The Labute approximate surface area is 121 Å². The molecule has 0 aliphatic carbocycles. The van der Waals surface area contributed by atoms with Gasteiger partial charge < -0.3 is 4.74 Å². The summed E-state index contributed by atoms with van der Waals surface area (Å²) in [6, 6.07) is 13.2. The maximum absolute atomic E-state index is 5.84. The van der Waals surface area contributed by atoms with Crippen LogP contribution in [0.5, 0.6) is 5.75 Å².